The van der Waals surface area contributed by atoms with Crippen LogP contribution < -0.4 is 0 Å². The highest BCUT2D eigenvalue weighted by atomic mass is 19.4. The fraction of sp³-hybridized carbons (Fsp3) is 0.130. The molecule has 2 heterocycles. The molecule has 1 atom stereocenters. The Bertz CT molecular complexity index is 1280. The molecule has 5 nitrogen and oxygen atoms in total. The van der Waals surface area contributed by atoms with Crippen LogP contribution in [0.2, 0.25) is 0 Å². The largest absolute Gasteiger partial charge is 0.435 e. The second kappa shape index (κ2) is 8.43. The smallest absolute Gasteiger partial charge is 0.272 e. The van der Waals surface area contributed by atoms with Gasteiger partial charge in [0.05, 0.1) is 23.8 Å². The zero-order valence-corrected chi connectivity index (χ0v) is 16.6. The van der Waals surface area contributed by atoms with Crippen LogP contribution in [0.1, 0.15) is 23.1 Å². The van der Waals surface area contributed by atoms with Gasteiger partial charge in [0.2, 0.25) is 0 Å². The number of hydrazone groups is 1. The van der Waals surface area contributed by atoms with Crippen molar-refractivity contribution in [2.24, 2.45) is 10.1 Å². The minimum atomic E-state index is -4.89. The Hall–Kier alpha value is -4.13. The Morgan fingerprint density at radius 1 is 1.06 bits per heavy atom. The first kappa shape index (κ1) is 22.1. The Kier molecular flexibility index (Phi) is 5.64. The maximum atomic E-state index is 14.4. The predicted octanol–water partition coefficient (Wildman–Crippen LogP) is 4.76. The molecule has 4 rings (SSSR count). The third kappa shape index (κ3) is 4.57. The maximum absolute atomic E-state index is 14.4. The van der Waals surface area contributed by atoms with Gasteiger partial charge in [0, 0.05) is 11.6 Å². The van der Waals surface area contributed by atoms with Gasteiger partial charge in [-0.25, -0.2) is 13.8 Å². The molecule has 0 radical (unpaired) electrons. The van der Waals surface area contributed by atoms with Gasteiger partial charge in [-0.1, -0.05) is 18.2 Å². The lowest BCUT2D eigenvalue weighted by Gasteiger charge is -2.30. The molecule has 33 heavy (non-hydrogen) atoms. The van der Waals surface area contributed by atoms with Crippen molar-refractivity contribution in [2.45, 2.75) is 18.8 Å². The van der Waals surface area contributed by atoms with Crippen LogP contribution in [0.15, 0.2) is 70.8 Å². The molecule has 0 N–H and O–H groups in total. The van der Waals surface area contributed by atoms with Gasteiger partial charge in [-0.3, -0.25) is 9.79 Å². The molecular formula is C23H13F5N4O. The average Bonchev–Trinajstić information content (AvgIpc) is 2.74. The number of carbonyl (C=O) groups excluding carboxylic acids is 1. The molecule has 0 spiro atoms. The number of aliphatic imine (C=N–C) groups is 1. The molecule has 2 aromatic rings. The molecule has 0 fully saturated rings. The first-order valence-corrected chi connectivity index (χ1v) is 9.56. The highest BCUT2D eigenvalue weighted by Gasteiger charge is 2.38. The van der Waals surface area contributed by atoms with Crippen LogP contribution in [0.3, 0.4) is 0 Å². The topological polar surface area (TPSA) is 68.8 Å². The lowest BCUT2D eigenvalue weighted by atomic mass is 10.00. The number of halogens is 5. The normalized spacial score (nSPS) is 18.4. The minimum Gasteiger partial charge on any atom is -0.272 e. The molecule has 10 heteroatoms. The number of rotatable bonds is 2. The molecule has 2 aromatic carbocycles. The van der Waals surface area contributed by atoms with E-state index >= 15 is 0 Å². The molecule has 0 saturated carbocycles. The summed E-state index contributed by atoms with van der Waals surface area (Å²) in [6.45, 7) is 0. The van der Waals surface area contributed by atoms with Crippen LogP contribution in [-0.4, -0.2) is 34.7 Å². The van der Waals surface area contributed by atoms with Gasteiger partial charge in [0.1, 0.15) is 11.6 Å². The van der Waals surface area contributed by atoms with Gasteiger partial charge in [-0.15, -0.1) is 0 Å². The van der Waals surface area contributed by atoms with E-state index in [0.717, 1.165) is 18.2 Å². The SMILES string of the molecule is N#Cc1ccc(C2=NC3C=C(c4ccc(F)cc4F)C=CC(C(F)(F)F)=NN3C(=O)C2)cc1. The van der Waals surface area contributed by atoms with E-state index in [1.165, 1.54) is 18.2 Å². The molecule has 0 aliphatic carbocycles. The third-order valence-electron chi connectivity index (χ3n) is 4.96. The van der Waals surface area contributed by atoms with Crippen molar-refractivity contribution >= 4 is 22.9 Å². The van der Waals surface area contributed by atoms with Gasteiger partial charge in [-0.05, 0) is 47.6 Å². The van der Waals surface area contributed by atoms with Gasteiger partial charge < -0.3 is 0 Å². The fourth-order valence-electron chi connectivity index (χ4n) is 3.36. The van der Waals surface area contributed by atoms with E-state index in [2.05, 4.69) is 10.1 Å². The fourth-order valence-corrected chi connectivity index (χ4v) is 3.36. The quantitative estimate of drug-likeness (QED) is 0.612. The van der Waals surface area contributed by atoms with Crippen molar-refractivity contribution in [3.05, 3.63) is 89.0 Å². The van der Waals surface area contributed by atoms with E-state index < -0.39 is 35.6 Å². The summed E-state index contributed by atoms with van der Waals surface area (Å²) in [6.07, 6.45) is -3.62. The van der Waals surface area contributed by atoms with Crippen molar-refractivity contribution in [3.63, 3.8) is 0 Å². The number of carbonyl (C=O) groups is 1. The average molecular weight is 456 g/mol. The molecule has 166 valence electrons. The van der Waals surface area contributed by atoms with Crippen LogP contribution in [0, 0.1) is 23.0 Å². The second-order valence-electron chi connectivity index (χ2n) is 7.16. The van der Waals surface area contributed by atoms with Crippen molar-refractivity contribution < 1.29 is 26.7 Å². The van der Waals surface area contributed by atoms with E-state index in [1.807, 2.05) is 6.07 Å². The number of alkyl halides is 3. The molecule has 1 unspecified atom stereocenters. The molecule has 2 aliphatic heterocycles. The Balaban J connectivity index is 1.86. The Morgan fingerprint density at radius 3 is 2.42 bits per heavy atom. The lowest BCUT2D eigenvalue weighted by molar-refractivity contribution is -0.132. The summed E-state index contributed by atoms with van der Waals surface area (Å²) in [7, 11) is 0. The number of hydrogen-bond acceptors (Lipinski definition) is 4. The maximum Gasteiger partial charge on any atom is 0.435 e. The molecule has 2 aliphatic rings. The van der Waals surface area contributed by atoms with Gasteiger partial charge in [0.25, 0.3) is 5.91 Å². The Morgan fingerprint density at radius 2 is 1.79 bits per heavy atom. The first-order valence-electron chi connectivity index (χ1n) is 9.56. The van der Waals surface area contributed by atoms with E-state index in [0.29, 0.717) is 28.3 Å². The standard InChI is InChI=1S/C23H13F5N4O/c24-16-6-7-17(18(25)10-16)15-5-8-20(23(26,27)28)31-32-21(9-15)30-19(11-22(32)33)14-3-1-13(12-29)2-4-14/h1-10,21H,11H2. The highest BCUT2D eigenvalue weighted by Crippen LogP contribution is 2.29. The number of allylic oxidation sites excluding steroid dienone is 3. The van der Waals surface area contributed by atoms with Crippen molar-refractivity contribution in [1.82, 2.24) is 5.01 Å². The molecule has 0 saturated heterocycles. The summed E-state index contributed by atoms with van der Waals surface area (Å²) in [5, 5.41) is 13.0. The Labute approximate surface area is 184 Å². The number of hydrogen-bond donors (Lipinski definition) is 0. The highest BCUT2D eigenvalue weighted by molar-refractivity contribution is 6.12. The summed E-state index contributed by atoms with van der Waals surface area (Å²) < 4.78 is 68.2. The van der Waals surface area contributed by atoms with Gasteiger partial charge in [-0.2, -0.15) is 23.5 Å². The van der Waals surface area contributed by atoms with E-state index in [4.69, 9.17) is 5.26 Å². The van der Waals surface area contributed by atoms with Crippen LogP contribution >= 0.6 is 0 Å². The van der Waals surface area contributed by atoms with Crippen LogP contribution in [0.4, 0.5) is 22.0 Å². The number of nitriles is 1. The van der Waals surface area contributed by atoms with E-state index in [9.17, 15) is 26.7 Å². The molecular weight excluding hydrogens is 443 g/mol. The number of fused-ring (bicyclic) bond motifs is 1. The van der Waals surface area contributed by atoms with E-state index in [1.54, 1.807) is 12.1 Å². The first-order chi connectivity index (χ1) is 15.7. The van der Waals surface area contributed by atoms with Crippen molar-refractivity contribution in [3.8, 4) is 6.07 Å². The summed E-state index contributed by atoms with van der Waals surface area (Å²) in [5.41, 5.74) is -0.406. The second-order valence-corrected chi connectivity index (χ2v) is 7.16. The zero-order valence-electron chi connectivity index (χ0n) is 16.6. The summed E-state index contributed by atoms with van der Waals surface area (Å²) in [6, 6.07) is 10.8. The number of benzene rings is 2. The summed E-state index contributed by atoms with van der Waals surface area (Å²) >= 11 is 0. The number of amides is 1. The van der Waals surface area contributed by atoms with Crippen LogP contribution in [0.5, 0.6) is 0 Å². The molecule has 1 amide bonds. The predicted molar refractivity (Wildman–Crippen MR) is 110 cm³/mol. The van der Waals surface area contributed by atoms with Crippen molar-refractivity contribution in [1.29, 1.82) is 5.26 Å². The van der Waals surface area contributed by atoms with Gasteiger partial charge >= 0.3 is 6.18 Å². The van der Waals surface area contributed by atoms with Gasteiger partial charge in [0.15, 0.2) is 11.9 Å². The minimum absolute atomic E-state index is 0.0308. The molecule has 0 bridgehead atoms. The van der Waals surface area contributed by atoms with Crippen LogP contribution in [0.25, 0.3) is 5.57 Å². The van der Waals surface area contributed by atoms with Crippen molar-refractivity contribution in [2.75, 3.05) is 0 Å². The third-order valence-corrected chi connectivity index (χ3v) is 4.96. The monoisotopic (exact) mass is 456 g/mol. The summed E-state index contributed by atoms with van der Waals surface area (Å²) in [4.78, 5) is 17.1. The van der Waals surface area contributed by atoms with E-state index in [-0.39, 0.29) is 23.3 Å². The molecule has 0 aromatic heterocycles. The summed E-state index contributed by atoms with van der Waals surface area (Å²) in [5.74, 6) is -2.58. The van der Waals surface area contributed by atoms with Crippen LogP contribution in [-0.2, 0) is 4.79 Å². The lowest BCUT2D eigenvalue weighted by Crippen LogP contribution is -2.42. The number of nitrogens with zero attached hydrogens (tertiary/aromatic N) is 4. The zero-order chi connectivity index (χ0) is 23.8.